The van der Waals surface area contributed by atoms with Crippen LogP contribution in [0.3, 0.4) is 0 Å². The molecule has 0 rings (SSSR count). The molecule has 0 unspecified atom stereocenters. The van der Waals surface area contributed by atoms with Crippen molar-refractivity contribution in [3.05, 3.63) is 24.3 Å². The number of carbonyl (C=O) groups excluding carboxylic acids is 1. The van der Waals surface area contributed by atoms with E-state index in [0.717, 1.165) is 51.4 Å². The van der Waals surface area contributed by atoms with E-state index in [0.29, 0.717) is 19.4 Å². The third-order valence-electron chi connectivity index (χ3n) is 12.8. The van der Waals surface area contributed by atoms with Crippen LogP contribution in [0.15, 0.2) is 24.3 Å². The summed E-state index contributed by atoms with van der Waals surface area (Å²) in [6, 6.07) is 0. The zero-order valence-corrected chi connectivity index (χ0v) is 40.3. The van der Waals surface area contributed by atoms with E-state index in [9.17, 15) is 14.7 Å². The molecule has 0 saturated carbocycles. The number of unbranched alkanes of at least 4 members (excludes halogenated alkanes) is 37. The van der Waals surface area contributed by atoms with E-state index in [4.69, 9.17) is 4.74 Å². The minimum atomic E-state index is -1.39. The minimum absolute atomic E-state index is 0.354. The van der Waals surface area contributed by atoms with Crippen LogP contribution in [0.5, 0.6) is 0 Å². The van der Waals surface area contributed by atoms with E-state index in [-0.39, 0.29) is 0 Å². The summed E-state index contributed by atoms with van der Waals surface area (Å²) in [5, 5.41) is 10.6. The number of esters is 1. The van der Waals surface area contributed by atoms with Crippen LogP contribution in [-0.4, -0.2) is 23.7 Å². The van der Waals surface area contributed by atoms with Gasteiger partial charge in [-0.2, -0.15) is 0 Å². The first-order valence-electron chi connectivity index (χ1n) is 26.8. The van der Waals surface area contributed by atoms with Gasteiger partial charge in [-0.25, -0.2) is 0 Å². The van der Waals surface area contributed by atoms with E-state index in [1.807, 2.05) is 0 Å². The molecule has 1 N–H and O–H groups in total. The summed E-state index contributed by atoms with van der Waals surface area (Å²) in [4.78, 5) is 26.5. The van der Waals surface area contributed by atoms with Crippen LogP contribution in [0.2, 0.25) is 0 Å². The van der Waals surface area contributed by atoms with Gasteiger partial charge in [0.25, 0.3) is 0 Å². The Hall–Kier alpha value is -1.58. The summed E-state index contributed by atoms with van der Waals surface area (Å²) in [6.45, 7) is 7.18. The second-order valence-corrected chi connectivity index (χ2v) is 18.5. The number of aliphatic carboxylic acids is 1. The number of rotatable bonds is 49. The lowest BCUT2D eigenvalue weighted by molar-refractivity contribution is -0.170. The Bertz CT molecular complexity index is 880. The van der Waals surface area contributed by atoms with Crippen LogP contribution in [0.1, 0.15) is 303 Å². The van der Waals surface area contributed by atoms with Crippen molar-refractivity contribution in [3.8, 4) is 0 Å². The molecular weight excluding hydrogens is 725 g/mol. The fraction of sp³-hybridized carbons (Fsp3) is 0.891. The molecule has 0 aliphatic rings. The maximum Gasteiger partial charge on any atom is 0.323 e. The number of carbonyl (C=O) groups is 2. The molecule has 0 fully saturated rings. The standard InChI is InChI=1S/C55H104O4/c1-4-7-10-13-16-19-22-25-28-30-32-35-38-41-44-47-50-55(53(56)57,51-48-45-42-39-36-33-31-29-26-23-20-17-14-11-8-5-2)54(58)59-52-49-46-43-40-37-34-27-24-21-18-15-12-9-6-3/h25-26,28-29H,4-24,27,30-52H2,1-3H3,(H,56,57). The molecule has 0 atom stereocenters. The lowest BCUT2D eigenvalue weighted by atomic mass is 9.77. The topological polar surface area (TPSA) is 63.6 Å². The summed E-state index contributed by atoms with van der Waals surface area (Å²) in [5.74, 6) is -1.44. The fourth-order valence-electron chi connectivity index (χ4n) is 8.58. The molecule has 4 nitrogen and oxygen atoms in total. The molecule has 0 aliphatic carbocycles. The number of carboxylic acids is 1. The van der Waals surface area contributed by atoms with Gasteiger partial charge in [0.1, 0.15) is 0 Å². The van der Waals surface area contributed by atoms with Crippen molar-refractivity contribution >= 4 is 11.9 Å². The largest absolute Gasteiger partial charge is 0.480 e. The summed E-state index contributed by atoms with van der Waals surface area (Å²) in [6.07, 6.45) is 62.4. The highest BCUT2D eigenvalue weighted by atomic mass is 16.5. The summed E-state index contributed by atoms with van der Waals surface area (Å²) in [5.41, 5.74) is -1.39. The lowest BCUT2D eigenvalue weighted by Gasteiger charge is -2.27. The molecule has 0 aromatic carbocycles. The van der Waals surface area contributed by atoms with E-state index >= 15 is 0 Å². The Labute approximate surface area is 369 Å². The fourth-order valence-corrected chi connectivity index (χ4v) is 8.58. The van der Waals surface area contributed by atoms with Gasteiger partial charge in [-0.3, -0.25) is 9.59 Å². The molecule has 59 heavy (non-hydrogen) atoms. The Morgan fingerprint density at radius 2 is 0.593 bits per heavy atom. The van der Waals surface area contributed by atoms with Gasteiger partial charge in [0.15, 0.2) is 5.41 Å². The Kier molecular flexibility index (Phi) is 46.2. The Balaban J connectivity index is 4.54. The van der Waals surface area contributed by atoms with Crippen molar-refractivity contribution in [2.24, 2.45) is 5.41 Å². The highest BCUT2D eigenvalue weighted by Crippen LogP contribution is 2.34. The maximum absolute atomic E-state index is 13.6. The van der Waals surface area contributed by atoms with Gasteiger partial charge < -0.3 is 9.84 Å². The number of carboxylic acid groups (broad SMARTS) is 1. The molecule has 0 aromatic heterocycles. The van der Waals surface area contributed by atoms with E-state index < -0.39 is 17.4 Å². The first-order chi connectivity index (χ1) is 29.0. The molecule has 0 bridgehead atoms. The van der Waals surface area contributed by atoms with Crippen LogP contribution < -0.4 is 0 Å². The quantitative estimate of drug-likeness (QED) is 0.0287. The molecule has 0 spiro atoms. The van der Waals surface area contributed by atoms with Crippen LogP contribution in [0.25, 0.3) is 0 Å². The van der Waals surface area contributed by atoms with Crippen molar-refractivity contribution in [2.45, 2.75) is 303 Å². The van der Waals surface area contributed by atoms with Crippen LogP contribution >= 0.6 is 0 Å². The van der Waals surface area contributed by atoms with Gasteiger partial charge in [0.2, 0.25) is 0 Å². The molecule has 0 saturated heterocycles. The smallest absolute Gasteiger partial charge is 0.323 e. The average Bonchev–Trinajstić information content (AvgIpc) is 3.23. The zero-order chi connectivity index (χ0) is 43.0. The van der Waals surface area contributed by atoms with Gasteiger partial charge in [-0.1, -0.05) is 257 Å². The number of hydrogen-bond acceptors (Lipinski definition) is 3. The van der Waals surface area contributed by atoms with Crippen molar-refractivity contribution in [1.82, 2.24) is 0 Å². The highest BCUT2D eigenvalue weighted by molar-refractivity contribution is 5.99. The molecule has 4 heteroatoms. The monoisotopic (exact) mass is 829 g/mol. The first-order valence-corrected chi connectivity index (χ1v) is 26.8. The van der Waals surface area contributed by atoms with Gasteiger partial charge in [0, 0.05) is 0 Å². The SMILES string of the molecule is CCCCCCCCC=CCCCCCCCCC(CCCCCCCCC=CCCCCCCCC)(C(=O)O)C(=O)OCCCCCCCCCCCCCCCC. The number of hydrogen-bond donors (Lipinski definition) is 1. The van der Waals surface area contributed by atoms with Crippen LogP contribution in [-0.2, 0) is 14.3 Å². The zero-order valence-electron chi connectivity index (χ0n) is 40.3. The van der Waals surface area contributed by atoms with E-state index in [2.05, 4.69) is 45.1 Å². The third kappa shape index (κ3) is 39.0. The van der Waals surface area contributed by atoms with Crippen molar-refractivity contribution < 1.29 is 19.4 Å². The molecule has 0 aliphatic heterocycles. The summed E-state index contributed by atoms with van der Waals surface area (Å²) in [7, 11) is 0. The molecular formula is C55H104O4. The number of allylic oxidation sites excluding steroid dienone is 4. The molecule has 348 valence electrons. The van der Waals surface area contributed by atoms with Gasteiger partial charge >= 0.3 is 11.9 Å². The summed E-state index contributed by atoms with van der Waals surface area (Å²) < 4.78 is 5.80. The van der Waals surface area contributed by atoms with E-state index in [1.165, 1.54) is 218 Å². The summed E-state index contributed by atoms with van der Waals surface area (Å²) >= 11 is 0. The van der Waals surface area contributed by atoms with E-state index in [1.54, 1.807) is 0 Å². The van der Waals surface area contributed by atoms with Crippen molar-refractivity contribution in [1.29, 1.82) is 0 Å². The van der Waals surface area contributed by atoms with Gasteiger partial charge in [-0.15, -0.1) is 0 Å². The Morgan fingerprint density at radius 3 is 0.864 bits per heavy atom. The first kappa shape index (κ1) is 57.4. The molecule has 0 radical (unpaired) electrons. The highest BCUT2D eigenvalue weighted by Gasteiger charge is 2.46. The average molecular weight is 829 g/mol. The molecule has 0 amide bonds. The predicted molar refractivity (Wildman–Crippen MR) is 259 cm³/mol. The minimum Gasteiger partial charge on any atom is -0.480 e. The second-order valence-electron chi connectivity index (χ2n) is 18.5. The third-order valence-corrected chi connectivity index (χ3v) is 12.8. The van der Waals surface area contributed by atoms with Crippen LogP contribution in [0, 0.1) is 5.41 Å². The predicted octanol–water partition coefficient (Wildman–Crippen LogP) is 18.9. The Morgan fingerprint density at radius 1 is 0.356 bits per heavy atom. The number of ether oxygens (including phenoxy) is 1. The molecule has 0 aromatic rings. The normalized spacial score (nSPS) is 12.9. The van der Waals surface area contributed by atoms with Crippen LogP contribution in [0.4, 0.5) is 0 Å². The maximum atomic E-state index is 13.6. The lowest BCUT2D eigenvalue weighted by Crippen LogP contribution is -2.41. The van der Waals surface area contributed by atoms with Gasteiger partial charge in [-0.05, 0) is 70.6 Å². The van der Waals surface area contributed by atoms with Crippen molar-refractivity contribution in [2.75, 3.05) is 6.61 Å². The second kappa shape index (κ2) is 47.5. The van der Waals surface area contributed by atoms with Gasteiger partial charge in [0.05, 0.1) is 6.61 Å². The molecule has 0 heterocycles. The van der Waals surface area contributed by atoms with Crippen molar-refractivity contribution in [3.63, 3.8) is 0 Å².